The smallest absolute Gasteiger partial charge is 0.483 e. The molecule has 13 heteroatoms. The van der Waals surface area contributed by atoms with Crippen LogP contribution in [0.1, 0.15) is 8.85 Å². The summed E-state index contributed by atoms with van der Waals surface area (Å²) in [5.74, 6) is 0.261. The molecular formula is C13H22N8O5. The van der Waals surface area contributed by atoms with Crippen LogP contribution in [0.3, 0.4) is 0 Å². The van der Waals surface area contributed by atoms with E-state index in [0.29, 0.717) is 13.2 Å². The van der Waals surface area contributed by atoms with Crippen molar-refractivity contribution in [3.8, 4) is 5.88 Å². The minimum absolute atomic E-state index is 0. The van der Waals surface area contributed by atoms with Crippen LogP contribution in [0.15, 0.2) is 11.8 Å². The Morgan fingerprint density at radius 1 is 1.31 bits per heavy atom. The number of nitrogen functional groups attached to an aromatic ring is 1. The number of ether oxygens (including phenoxy) is 3. The Labute approximate surface area is 151 Å². The van der Waals surface area contributed by atoms with Gasteiger partial charge in [-0.3, -0.25) is 5.10 Å². The minimum Gasteiger partial charge on any atom is -0.483 e. The van der Waals surface area contributed by atoms with Crippen molar-refractivity contribution in [2.24, 2.45) is 0 Å². The zero-order valence-corrected chi connectivity index (χ0v) is 12.9. The van der Waals surface area contributed by atoms with Gasteiger partial charge >= 0.3 is 11.8 Å². The highest BCUT2D eigenvalue weighted by atomic mass is 16.7. The first kappa shape index (κ1) is 27.0. The number of aromatic amines is 1. The SMILES string of the molecule is C.N=N.O.[C-]#[N+]C([N+]#[C-])=C1OCCO1.[C-]#[N+]c1c(OCCO)n[nH]c1N.[HH]. The molecule has 1 fully saturated rings. The van der Waals surface area contributed by atoms with Crippen LogP contribution < -0.4 is 10.5 Å². The second-order valence-electron chi connectivity index (χ2n) is 3.51. The molecule has 144 valence electrons. The van der Waals surface area contributed by atoms with E-state index in [1.807, 2.05) is 0 Å². The number of anilines is 1. The summed E-state index contributed by atoms with van der Waals surface area (Å²) in [6.45, 7) is 20.6. The second-order valence-corrected chi connectivity index (χ2v) is 3.51. The molecule has 0 unspecified atom stereocenters. The predicted octanol–water partition coefficient (Wildman–Crippen LogP) is 1.57. The van der Waals surface area contributed by atoms with Crippen LogP contribution >= 0.6 is 0 Å². The molecule has 1 aliphatic rings. The first-order chi connectivity index (χ1) is 11.7. The number of nitrogens with two attached hydrogens (primary N) is 1. The maximum Gasteiger partial charge on any atom is 0.599 e. The Balaban J connectivity index is -0.000000164. The van der Waals surface area contributed by atoms with Crippen LogP contribution in [0, 0.1) is 30.8 Å². The average Bonchev–Trinajstić information content (AvgIpc) is 3.26. The van der Waals surface area contributed by atoms with Crippen LogP contribution in [0.2, 0.25) is 0 Å². The molecule has 0 bridgehead atoms. The average molecular weight is 370 g/mol. The van der Waals surface area contributed by atoms with Gasteiger partial charge in [0.1, 0.15) is 38.8 Å². The fourth-order valence-corrected chi connectivity index (χ4v) is 1.24. The lowest BCUT2D eigenvalue weighted by atomic mass is 10.5. The normalized spacial score (nSPS) is 10.0. The van der Waals surface area contributed by atoms with E-state index in [4.69, 9.17) is 55.8 Å². The highest BCUT2D eigenvalue weighted by molar-refractivity contribution is 5.68. The van der Waals surface area contributed by atoms with Crippen LogP contribution in [0.5, 0.6) is 5.88 Å². The van der Waals surface area contributed by atoms with Gasteiger partial charge in [0.05, 0.1) is 13.2 Å². The van der Waals surface area contributed by atoms with Gasteiger partial charge < -0.3 is 30.5 Å². The lowest BCUT2D eigenvalue weighted by Gasteiger charge is -1.98. The summed E-state index contributed by atoms with van der Waals surface area (Å²) in [7, 11) is 0. The summed E-state index contributed by atoms with van der Waals surface area (Å²) in [5.41, 5.74) is 15.5. The van der Waals surface area contributed by atoms with E-state index in [2.05, 4.69) is 24.7 Å². The Morgan fingerprint density at radius 2 is 1.85 bits per heavy atom. The first-order valence-corrected chi connectivity index (χ1v) is 6.12. The molecular weight excluding hydrogens is 348 g/mol. The number of aliphatic hydroxyl groups excluding tert-OH is 1. The van der Waals surface area contributed by atoms with Crippen LogP contribution in [-0.4, -0.2) is 47.2 Å². The quantitative estimate of drug-likeness (QED) is 0.395. The fourth-order valence-electron chi connectivity index (χ4n) is 1.24. The number of nitrogens with zero attached hydrogens (tertiary/aromatic N) is 4. The van der Waals surface area contributed by atoms with Crippen LogP contribution in [0.4, 0.5) is 11.5 Å². The number of nitrogens with one attached hydrogen (secondary N) is 3. The van der Waals surface area contributed by atoms with E-state index in [-0.39, 0.29) is 56.7 Å². The summed E-state index contributed by atoms with van der Waals surface area (Å²) in [6, 6.07) is 0. The fraction of sp³-hybridized carbons (Fsp3) is 0.385. The van der Waals surface area contributed by atoms with E-state index in [0.717, 1.165) is 0 Å². The molecule has 1 aliphatic heterocycles. The van der Waals surface area contributed by atoms with Gasteiger partial charge in [0.25, 0.3) is 5.69 Å². The summed E-state index contributed by atoms with van der Waals surface area (Å²) < 4.78 is 14.6. The van der Waals surface area contributed by atoms with Crippen molar-refractivity contribution in [1.29, 1.82) is 11.1 Å². The summed E-state index contributed by atoms with van der Waals surface area (Å²) in [4.78, 5) is 8.94. The molecule has 0 amide bonds. The zero-order chi connectivity index (χ0) is 18.4. The summed E-state index contributed by atoms with van der Waals surface area (Å²) >= 11 is 0. The zero-order valence-electron chi connectivity index (χ0n) is 12.9. The van der Waals surface area contributed by atoms with E-state index in [1.165, 1.54) is 0 Å². The third-order valence-electron chi connectivity index (χ3n) is 2.12. The molecule has 26 heavy (non-hydrogen) atoms. The number of aliphatic hydroxyl groups is 1. The van der Waals surface area contributed by atoms with Gasteiger partial charge in [-0.1, -0.05) is 7.43 Å². The van der Waals surface area contributed by atoms with Gasteiger partial charge in [0.15, 0.2) is 0 Å². The molecule has 2 rings (SSSR count). The highest BCUT2D eigenvalue weighted by Crippen LogP contribution is 2.30. The number of rotatable bonds is 3. The molecule has 1 aromatic heterocycles. The van der Waals surface area contributed by atoms with E-state index in [1.54, 1.807) is 0 Å². The molecule has 8 N–H and O–H groups in total. The van der Waals surface area contributed by atoms with Gasteiger partial charge in [-0.05, 0) is 0 Å². The van der Waals surface area contributed by atoms with Crippen molar-refractivity contribution in [3.63, 3.8) is 0 Å². The number of hydrogen-bond acceptors (Lipinski definition) is 8. The molecule has 1 aromatic rings. The Morgan fingerprint density at radius 3 is 2.27 bits per heavy atom. The van der Waals surface area contributed by atoms with Gasteiger partial charge in [0, 0.05) is 1.43 Å². The second kappa shape index (κ2) is 16.0. The first-order valence-electron chi connectivity index (χ1n) is 6.12. The number of hydrogen-bond donors (Lipinski definition) is 5. The lowest BCUT2D eigenvalue weighted by molar-refractivity contribution is 0.173. The van der Waals surface area contributed by atoms with Gasteiger partial charge in [0.2, 0.25) is 5.88 Å². The summed E-state index contributed by atoms with van der Waals surface area (Å²) in [5, 5.41) is 14.5. The van der Waals surface area contributed by atoms with Crippen molar-refractivity contribution < 1.29 is 26.2 Å². The standard InChI is InChI=1S/C6H8N4O2.C6H4N2O2.CH4.H2N2.H2O.H2/c1-8-4-5(7)9-10-6(4)12-3-2-11;1-7-5(8-2)6-9-3-4-10-6;;1-2;;/h11H,2-3H2,(H3,7,9,10);3-4H2;1H4;1-2H;1H2;1H. The summed E-state index contributed by atoms with van der Waals surface area (Å²) in [6.07, 6.45) is 0. The van der Waals surface area contributed by atoms with Crippen molar-refractivity contribution in [1.82, 2.24) is 10.2 Å². The number of H-pyrrole nitrogens is 1. The van der Waals surface area contributed by atoms with E-state index < -0.39 is 0 Å². The van der Waals surface area contributed by atoms with E-state index in [9.17, 15) is 0 Å². The Kier molecular flexibility index (Phi) is 16.6. The molecule has 1 saturated heterocycles. The van der Waals surface area contributed by atoms with Crippen molar-refractivity contribution in [2.45, 2.75) is 7.43 Å². The van der Waals surface area contributed by atoms with Gasteiger partial charge in [-0.2, -0.15) is 0 Å². The molecule has 13 nitrogen and oxygen atoms in total. The molecule has 0 saturated carbocycles. The van der Waals surface area contributed by atoms with E-state index >= 15 is 0 Å². The van der Waals surface area contributed by atoms with Gasteiger partial charge in [-0.15, -0.1) is 14.8 Å². The maximum atomic E-state index is 8.43. The van der Waals surface area contributed by atoms with Gasteiger partial charge in [-0.25, -0.2) is 15.9 Å². The molecule has 0 spiro atoms. The third-order valence-corrected chi connectivity index (χ3v) is 2.12. The number of aromatic nitrogens is 2. The third kappa shape index (κ3) is 8.12. The maximum absolute atomic E-state index is 8.43. The topological polar surface area (TPSA) is 195 Å². The molecule has 2 heterocycles. The Hall–Kier alpha value is -3.86. The van der Waals surface area contributed by atoms with Crippen molar-refractivity contribution >= 4 is 11.5 Å². The molecule has 0 atom stereocenters. The minimum atomic E-state index is -0.127. The van der Waals surface area contributed by atoms with Crippen LogP contribution in [-0.2, 0) is 9.47 Å². The van der Waals surface area contributed by atoms with Crippen molar-refractivity contribution in [2.75, 3.05) is 32.2 Å². The monoisotopic (exact) mass is 370 g/mol. The predicted molar refractivity (Wildman–Crippen MR) is 91.9 cm³/mol. The molecule has 0 aromatic carbocycles. The highest BCUT2D eigenvalue weighted by Gasteiger charge is 2.22. The largest absolute Gasteiger partial charge is 0.599 e. The molecule has 0 radical (unpaired) electrons. The van der Waals surface area contributed by atoms with Crippen molar-refractivity contribution in [3.05, 3.63) is 46.0 Å². The Bertz CT molecular complexity index is 664. The lowest BCUT2D eigenvalue weighted by Crippen LogP contribution is -2.01. The molecule has 0 aliphatic carbocycles. The van der Waals surface area contributed by atoms with Crippen LogP contribution in [0.25, 0.3) is 14.5 Å².